The first-order valence-corrected chi connectivity index (χ1v) is 6.34. The van der Waals surface area contributed by atoms with Crippen LogP contribution in [0.15, 0.2) is 0 Å². The molecule has 0 bridgehead atoms. The third-order valence-electron chi connectivity index (χ3n) is 2.84. The minimum absolute atomic E-state index is 0.0713. The minimum Gasteiger partial charge on any atom is -0.480 e. The fourth-order valence-corrected chi connectivity index (χ4v) is 1.65. The Labute approximate surface area is 112 Å². The Kier molecular flexibility index (Phi) is 7.55. The molecule has 5 N–H and O–H groups in total. The highest BCUT2D eigenvalue weighted by Gasteiger charge is 2.22. The van der Waals surface area contributed by atoms with Crippen molar-refractivity contribution in [2.24, 2.45) is 11.7 Å². The summed E-state index contributed by atoms with van der Waals surface area (Å²) in [5.74, 6) is -1.60. The molecule has 7 nitrogen and oxygen atoms in total. The highest BCUT2D eigenvalue weighted by molar-refractivity contribution is 5.87. The van der Waals surface area contributed by atoms with Crippen LogP contribution in [-0.4, -0.2) is 35.1 Å². The highest BCUT2D eigenvalue weighted by Crippen LogP contribution is 2.09. The lowest BCUT2D eigenvalue weighted by molar-refractivity contribution is -0.140. The van der Waals surface area contributed by atoms with Crippen LogP contribution in [-0.2, 0) is 9.59 Å². The number of carboxylic acid groups (broad SMARTS) is 1. The summed E-state index contributed by atoms with van der Waals surface area (Å²) < 4.78 is 0. The number of rotatable bonds is 8. The molecule has 0 aliphatic carbocycles. The molecule has 0 saturated heterocycles. The number of carboxylic acids is 1. The van der Waals surface area contributed by atoms with Gasteiger partial charge in [0.2, 0.25) is 5.91 Å². The molecule has 110 valence electrons. The summed E-state index contributed by atoms with van der Waals surface area (Å²) in [5.41, 5.74) is 4.92. The fraction of sp³-hybridized carbons (Fsp3) is 0.750. The maximum atomic E-state index is 11.6. The molecule has 7 heteroatoms. The van der Waals surface area contributed by atoms with Crippen molar-refractivity contribution in [3.8, 4) is 0 Å². The number of carbonyl (C=O) groups excluding carboxylic acids is 2. The van der Waals surface area contributed by atoms with E-state index in [1.807, 2.05) is 6.92 Å². The second kappa shape index (κ2) is 8.34. The number of amides is 3. The van der Waals surface area contributed by atoms with Crippen molar-refractivity contribution in [2.75, 3.05) is 0 Å². The van der Waals surface area contributed by atoms with E-state index in [0.29, 0.717) is 5.92 Å². The van der Waals surface area contributed by atoms with Crippen LogP contribution >= 0.6 is 0 Å². The molecule has 0 spiro atoms. The van der Waals surface area contributed by atoms with Crippen molar-refractivity contribution >= 4 is 17.9 Å². The van der Waals surface area contributed by atoms with Crippen LogP contribution in [0.25, 0.3) is 0 Å². The summed E-state index contributed by atoms with van der Waals surface area (Å²) in [5, 5.41) is 13.7. The largest absolute Gasteiger partial charge is 0.480 e. The highest BCUT2D eigenvalue weighted by atomic mass is 16.4. The first-order chi connectivity index (χ1) is 8.76. The number of carbonyl (C=O) groups is 3. The number of aliphatic carboxylic acids is 1. The molecule has 0 fully saturated rings. The smallest absolute Gasteiger partial charge is 0.326 e. The van der Waals surface area contributed by atoms with E-state index >= 15 is 0 Å². The van der Waals surface area contributed by atoms with Crippen LogP contribution in [0.3, 0.4) is 0 Å². The molecular weight excluding hydrogens is 250 g/mol. The van der Waals surface area contributed by atoms with Gasteiger partial charge in [-0.1, -0.05) is 20.3 Å². The van der Waals surface area contributed by atoms with Gasteiger partial charge >= 0.3 is 12.0 Å². The van der Waals surface area contributed by atoms with E-state index in [1.54, 1.807) is 0 Å². The molecule has 0 saturated carbocycles. The maximum Gasteiger partial charge on any atom is 0.326 e. The van der Waals surface area contributed by atoms with E-state index in [1.165, 1.54) is 0 Å². The lowest BCUT2D eigenvalue weighted by Gasteiger charge is -2.19. The Morgan fingerprint density at radius 3 is 2.21 bits per heavy atom. The maximum absolute atomic E-state index is 11.6. The van der Waals surface area contributed by atoms with E-state index in [2.05, 4.69) is 24.5 Å². The van der Waals surface area contributed by atoms with Gasteiger partial charge in [-0.2, -0.15) is 0 Å². The average Bonchev–Trinajstić information content (AvgIpc) is 2.26. The Bertz CT molecular complexity index is 333. The molecule has 0 aliphatic rings. The van der Waals surface area contributed by atoms with Gasteiger partial charge < -0.3 is 21.5 Å². The van der Waals surface area contributed by atoms with E-state index in [-0.39, 0.29) is 6.04 Å². The third-order valence-corrected chi connectivity index (χ3v) is 2.84. The van der Waals surface area contributed by atoms with Crippen LogP contribution < -0.4 is 16.4 Å². The van der Waals surface area contributed by atoms with E-state index < -0.39 is 30.4 Å². The van der Waals surface area contributed by atoms with E-state index in [0.717, 1.165) is 12.8 Å². The average molecular weight is 273 g/mol. The SMILES string of the molecule is CCC(C)CC(C)NC(=O)NC(CC(N)=O)C(=O)O. The molecule has 0 radical (unpaired) electrons. The van der Waals surface area contributed by atoms with Gasteiger partial charge in [0.15, 0.2) is 0 Å². The summed E-state index contributed by atoms with van der Waals surface area (Å²) >= 11 is 0. The van der Waals surface area contributed by atoms with Gasteiger partial charge in [0, 0.05) is 6.04 Å². The number of nitrogens with two attached hydrogens (primary N) is 1. The first kappa shape index (κ1) is 17.2. The van der Waals surface area contributed by atoms with Crippen molar-refractivity contribution in [3.05, 3.63) is 0 Å². The van der Waals surface area contributed by atoms with Crippen LogP contribution in [0, 0.1) is 5.92 Å². The Morgan fingerprint density at radius 2 is 1.79 bits per heavy atom. The van der Waals surface area contributed by atoms with Crippen LogP contribution in [0.2, 0.25) is 0 Å². The molecule has 0 heterocycles. The van der Waals surface area contributed by atoms with Gasteiger partial charge in [-0.05, 0) is 19.3 Å². The molecule has 3 amide bonds. The molecule has 0 aromatic carbocycles. The zero-order valence-electron chi connectivity index (χ0n) is 11.6. The molecule has 0 rings (SSSR count). The number of hydrogen-bond acceptors (Lipinski definition) is 3. The van der Waals surface area contributed by atoms with Gasteiger partial charge in [0.1, 0.15) is 6.04 Å². The van der Waals surface area contributed by atoms with Crippen LogP contribution in [0.5, 0.6) is 0 Å². The van der Waals surface area contributed by atoms with Crippen molar-refractivity contribution < 1.29 is 19.5 Å². The summed E-state index contributed by atoms with van der Waals surface area (Å²) in [6, 6.07) is -1.98. The lowest BCUT2D eigenvalue weighted by Crippen LogP contribution is -2.49. The van der Waals surface area contributed by atoms with Gasteiger partial charge in [-0.15, -0.1) is 0 Å². The van der Waals surface area contributed by atoms with E-state index in [9.17, 15) is 14.4 Å². The predicted octanol–water partition coefficient (Wildman–Crippen LogP) is 0.439. The topological polar surface area (TPSA) is 122 Å². The van der Waals surface area contributed by atoms with Crippen molar-refractivity contribution in [1.29, 1.82) is 0 Å². The monoisotopic (exact) mass is 273 g/mol. The first-order valence-electron chi connectivity index (χ1n) is 6.34. The molecule has 0 aromatic heterocycles. The Morgan fingerprint density at radius 1 is 1.21 bits per heavy atom. The molecule has 3 atom stereocenters. The third kappa shape index (κ3) is 8.01. The zero-order valence-corrected chi connectivity index (χ0v) is 11.6. The standard InChI is InChI=1S/C12H23N3O4/c1-4-7(2)5-8(3)14-12(19)15-9(11(17)18)6-10(13)16/h7-9H,4-6H2,1-3H3,(H2,13,16)(H,17,18)(H2,14,15,19). The number of nitrogens with one attached hydrogen (secondary N) is 2. The van der Waals surface area contributed by atoms with Gasteiger partial charge in [-0.3, -0.25) is 4.79 Å². The molecule has 0 aromatic rings. The van der Waals surface area contributed by atoms with Crippen LogP contribution in [0.4, 0.5) is 4.79 Å². The molecule has 19 heavy (non-hydrogen) atoms. The number of urea groups is 1. The summed E-state index contributed by atoms with van der Waals surface area (Å²) in [6.45, 7) is 5.98. The minimum atomic E-state index is -1.30. The van der Waals surface area contributed by atoms with Gasteiger partial charge in [-0.25, -0.2) is 9.59 Å². The van der Waals surface area contributed by atoms with Crippen LogP contribution in [0.1, 0.15) is 40.0 Å². The second-order valence-corrected chi connectivity index (χ2v) is 4.83. The lowest BCUT2D eigenvalue weighted by atomic mass is 10.0. The summed E-state index contributed by atoms with van der Waals surface area (Å²) in [6.07, 6.45) is 1.38. The van der Waals surface area contributed by atoms with Crippen molar-refractivity contribution in [3.63, 3.8) is 0 Å². The molecular formula is C12H23N3O4. The zero-order chi connectivity index (χ0) is 15.0. The number of hydrogen-bond donors (Lipinski definition) is 4. The normalized spacial score (nSPS) is 15.1. The summed E-state index contributed by atoms with van der Waals surface area (Å²) in [7, 11) is 0. The molecule has 3 unspecified atom stereocenters. The van der Waals surface area contributed by atoms with E-state index in [4.69, 9.17) is 10.8 Å². The fourth-order valence-electron chi connectivity index (χ4n) is 1.65. The van der Waals surface area contributed by atoms with Gasteiger partial charge in [0.05, 0.1) is 6.42 Å². The van der Waals surface area contributed by atoms with Crippen molar-refractivity contribution in [1.82, 2.24) is 10.6 Å². The second-order valence-electron chi connectivity index (χ2n) is 4.83. The number of primary amides is 1. The predicted molar refractivity (Wildman–Crippen MR) is 70.4 cm³/mol. The van der Waals surface area contributed by atoms with Crippen molar-refractivity contribution in [2.45, 2.75) is 52.1 Å². The Balaban J connectivity index is 4.26. The Hall–Kier alpha value is -1.79. The van der Waals surface area contributed by atoms with Gasteiger partial charge in [0.25, 0.3) is 0 Å². The molecule has 0 aliphatic heterocycles. The quantitative estimate of drug-likeness (QED) is 0.512. The summed E-state index contributed by atoms with van der Waals surface area (Å²) in [4.78, 5) is 33.1.